The second kappa shape index (κ2) is 7.10. The Bertz CT molecular complexity index is 434. The number of nitrogens with two attached hydrogens (primary N) is 1. The molecule has 98 valence electrons. The molecule has 1 heterocycles. The number of nitrogens with zero attached hydrogens (tertiary/aromatic N) is 2. The Labute approximate surface area is 105 Å². The first-order valence-electron chi connectivity index (χ1n) is 5.41. The summed E-state index contributed by atoms with van der Waals surface area (Å²) in [7, 11) is 1.48. The maximum atomic E-state index is 11.8. The van der Waals surface area contributed by atoms with Gasteiger partial charge in [-0.1, -0.05) is 5.16 Å². The van der Waals surface area contributed by atoms with Crippen LogP contribution in [0.25, 0.3) is 0 Å². The van der Waals surface area contributed by atoms with Crippen LogP contribution >= 0.6 is 0 Å². The van der Waals surface area contributed by atoms with Crippen molar-refractivity contribution in [3.8, 4) is 5.75 Å². The average Bonchev–Trinajstić information content (AvgIpc) is 2.42. The van der Waals surface area contributed by atoms with Gasteiger partial charge in [0.25, 0.3) is 5.91 Å². The molecule has 0 aliphatic carbocycles. The molecule has 18 heavy (non-hydrogen) atoms. The number of amidine groups is 1. The highest BCUT2D eigenvalue weighted by Crippen LogP contribution is 2.14. The molecule has 0 radical (unpaired) electrons. The largest absolute Gasteiger partial charge is 0.494 e. The first-order valence-corrected chi connectivity index (χ1v) is 5.41. The Kier molecular flexibility index (Phi) is 5.43. The van der Waals surface area contributed by atoms with E-state index in [1.165, 1.54) is 19.5 Å². The van der Waals surface area contributed by atoms with Gasteiger partial charge in [-0.25, -0.2) is 0 Å². The first kappa shape index (κ1) is 13.8. The molecule has 7 nitrogen and oxygen atoms in total. The van der Waals surface area contributed by atoms with Crippen molar-refractivity contribution in [1.29, 1.82) is 0 Å². The third kappa shape index (κ3) is 3.93. The van der Waals surface area contributed by atoms with Crippen LogP contribution in [0.2, 0.25) is 0 Å². The number of carbonyl (C=O) groups excluding carboxylic acids is 1. The number of oxime groups is 1. The van der Waals surface area contributed by atoms with Crippen LogP contribution in [0.4, 0.5) is 0 Å². The van der Waals surface area contributed by atoms with E-state index in [0.29, 0.717) is 30.7 Å². The number of ether oxygens (including phenoxy) is 1. The minimum absolute atomic E-state index is 0.144. The van der Waals surface area contributed by atoms with Crippen LogP contribution in [0.15, 0.2) is 23.6 Å². The van der Waals surface area contributed by atoms with Crippen molar-refractivity contribution in [3.05, 3.63) is 24.0 Å². The predicted molar refractivity (Wildman–Crippen MR) is 65.8 cm³/mol. The van der Waals surface area contributed by atoms with E-state index < -0.39 is 0 Å². The van der Waals surface area contributed by atoms with Crippen LogP contribution < -0.4 is 15.8 Å². The van der Waals surface area contributed by atoms with Crippen LogP contribution in [0, 0.1) is 0 Å². The van der Waals surface area contributed by atoms with Gasteiger partial charge in [-0.15, -0.1) is 0 Å². The number of pyridine rings is 1. The van der Waals surface area contributed by atoms with E-state index in [1.807, 2.05) is 0 Å². The Morgan fingerprint density at radius 1 is 1.67 bits per heavy atom. The van der Waals surface area contributed by atoms with Gasteiger partial charge in [0.1, 0.15) is 11.6 Å². The van der Waals surface area contributed by atoms with Gasteiger partial charge in [0, 0.05) is 19.2 Å². The lowest BCUT2D eigenvalue weighted by molar-refractivity contribution is 0.0950. The summed E-state index contributed by atoms with van der Waals surface area (Å²) in [5.41, 5.74) is 5.73. The van der Waals surface area contributed by atoms with E-state index in [-0.39, 0.29) is 11.7 Å². The lowest BCUT2D eigenvalue weighted by atomic mass is 10.2. The summed E-state index contributed by atoms with van der Waals surface area (Å²) in [6, 6.07) is 1.58. The predicted octanol–water partition coefficient (Wildman–Crippen LogP) is 0.347. The van der Waals surface area contributed by atoms with Crippen molar-refractivity contribution in [3.63, 3.8) is 0 Å². The molecule has 0 atom stereocenters. The number of aromatic nitrogens is 1. The summed E-state index contributed by atoms with van der Waals surface area (Å²) in [6.45, 7) is 0.431. The third-order valence-electron chi connectivity index (χ3n) is 2.27. The fourth-order valence-corrected chi connectivity index (χ4v) is 1.35. The van der Waals surface area contributed by atoms with Crippen LogP contribution in [-0.4, -0.2) is 35.6 Å². The van der Waals surface area contributed by atoms with E-state index in [4.69, 9.17) is 15.7 Å². The molecule has 1 amide bonds. The van der Waals surface area contributed by atoms with Gasteiger partial charge >= 0.3 is 0 Å². The van der Waals surface area contributed by atoms with Crippen molar-refractivity contribution in [2.24, 2.45) is 10.9 Å². The molecule has 0 saturated heterocycles. The number of carbonyl (C=O) groups is 1. The highest BCUT2D eigenvalue weighted by molar-refractivity contribution is 5.96. The highest BCUT2D eigenvalue weighted by Gasteiger charge is 2.10. The van der Waals surface area contributed by atoms with Gasteiger partial charge < -0.3 is 21.0 Å². The molecule has 0 unspecified atom stereocenters. The molecule has 7 heteroatoms. The zero-order valence-electron chi connectivity index (χ0n) is 10.1. The topological polar surface area (TPSA) is 110 Å². The minimum atomic E-state index is -0.242. The number of methoxy groups -OCH3 is 1. The molecule has 1 rings (SSSR count). The molecule has 1 aromatic heterocycles. The summed E-state index contributed by atoms with van der Waals surface area (Å²) in [6.07, 6.45) is 4.01. The van der Waals surface area contributed by atoms with E-state index in [1.54, 1.807) is 6.07 Å². The molecule has 4 N–H and O–H groups in total. The molecule has 0 fully saturated rings. The molecule has 0 aliphatic rings. The number of nitrogens with one attached hydrogen (secondary N) is 1. The van der Waals surface area contributed by atoms with Crippen molar-refractivity contribution < 1.29 is 14.7 Å². The van der Waals surface area contributed by atoms with Crippen molar-refractivity contribution >= 4 is 11.7 Å². The average molecular weight is 252 g/mol. The van der Waals surface area contributed by atoms with Crippen LogP contribution in [0.5, 0.6) is 5.75 Å². The number of hydrogen-bond acceptors (Lipinski definition) is 5. The van der Waals surface area contributed by atoms with E-state index >= 15 is 0 Å². The Hall–Kier alpha value is -2.31. The molecule has 0 aromatic carbocycles. The Morgan fingerprint density at radius 3 is 3.11 bits per heavy atom. The lowest BCUT2D eigenvalue weighted by Gasteiger charge is -2.08. The number of hydrogen-bond donors (Lipinski definition) is 3. The summed E-state index contributed by atoms with van der Waals surface area (Å²) in [5, 5.41) is 13.9. The second-order valence-corrected chi connectivity index (χ2v) is 3.53. The number of rotatable bonds is 6. The third-order valence-corrected chi connectivity index (χ3v) is 2.27. The fourth-order valence-electron chi connectivity index (χ4n) is 1.35. The maximum absolute atomic E-state index is 11.8. The van der Waals surface area contributed by atoms with Crippen LogP contribution in [0.1, 0.15) is 23.2 Å². The van der Waals surface area contributed by atoms with E-state index in [9.17, 15) is 4.79 Å². The first-order chi connectivity index (χ1) is 8.69. The van der Waals surface area contributed by atoms with Gasteiger partial charge in [0.05, 0.1) is 18.9 Å². The number of amides is 1. The molecule has 0 spiro atoms. The maximum Gasteiger partial charge on any atom is 0.255 e. The molecule has 0 aliphatic heterocycles. The lowest BCUT2D eigenvalue weighted by Crippen LogP contribution is -2.26. The van der Waals surface area contributed by atoms with Gasteiger partial charge in [-0.2, -0.15) is 0 Å². The zero-order valence-corrected chi connectivity index (χ0v) is 10.1. The van der Waals surface area contributed by atoms with Gasteiger partial charge in [-0.3, -0.25) is 9.78 Å². The normalized spacial score (nSPS) is 11.1. The van der Waals surface area contributed by atoms with Gasteiger partial charge in [-0.05, 0) is 12.5 Å². The minimum Gasteiger partial charge on any atom is -0.494 e. The summed E-state index contributed by atoms with van der Waals surface area (Å²) in [4.78, 5) is 15.7. The molecular formula is C11H16N4O3. The standard InChI is InChI=1S/C11H16N4O3/c1-18-9-7-13-6-4-8(9)11(16)14-5-2-3-10(12)15-17/h4,6-7,17H,2-3,5H2,1H3,(H2,12,15)(H,14,16). The second-order valence-electron chi connectivity index (χ2n) is 3.53. The molecule has 0 saturated carbocycles. The molecule has 0 bridgehead atoms. The quantitative estimate of drug-likeness (QED) is 0.222. The van der Waals surface area contributed by atoms with Crippen molar-refractivity contribution in [1.82, 2.24) is 10.3 Å². The Balaban J connectivity index is 2.46. The van der Waals surface area contributed by atoms with Crippen LogP contribution in [-0.2, 0) is 0 Å². The van der Waals surface area contributed by atoms with Crippen LogP contribution in [0.3, 0.4) is 0 Å². The van der Waals surface area contributed by atoms with Crippen molar-refractivity contribution in [2.45, 2.75) is 12.8 Å². The fraction of sp³-hybridized carbons (Fsp3) is 0.364. The zero-order chi connectivity index (χ0) is 13.4. The monoisotopic (exact) mass is 252 g/mol. The summed E-state index contributed by atoms with van der Waals surface area (Å²) >= 11 is 0. The smallest absolute Gasteiger partial charge is 0.255 e. The van der Waals surface area contributed by atoms with E-state index in [2.05, 4.69) is 15.5 Å². The Morgan fingerprint density at radius 2 is 2.44 bits per heavy atom. The highest BCUT2D eigenvalue weighted by atomic mass is 16.5. The summed E-state index contributed by atoms with van der Waals surface area (Å²) < 4.78 is 5.03. The van der Waals surface area contributed by atoms with Crippen molar-refractivity contribution in [2.75, 3.05) is 13.7 Å². The molecule has 1 aromatic rings. The van der Waals surface area contributed by atoms with Gasteiger partial charge in [0.2, 0.25) is 0 Å². The van der Waals surface area contributed by atoms with Gasteiger partial charge in [0.15, 0.2) is 0 Å². The summed E-state index contributed by atoms with van der Waals surface area (Å²) in [5.74, 6) is 0.325. The van der Waals surface area contributed by atoms with E-state index in [0.717, 1.165) is 0 Å². The SMILES string of the molecule is COc1cnccc1C(=O)NCCC/C(N)=N/O. The molecular weight excluding hydrogens is 236 g/mol.